The Morgan fingerprint density at radius 3 is 2.86 bits per heavy atom. The molecule has 1 saturated heterocycles. The number of hydrogen-bond acceptors (Lipinski definition) is 4. The smallest absolute Gasteiger partial charge is 0.260 e. The predicted octanol–water partition coefficient (Wildman–Crippen LogP) is 1.56. The normalized spacial score (nSPS) is 17.2. The third-order valence-electron chi connectivity index (χ3n) is 3.34. The summed E-state index contributed by atoms with van der Waals surface area (Å²) < 4.78 is 10.9. The Morgan fingerprint density at radius 2 is 2.14 bits per heavy atom. The Morgan fingerprint density at radius 1 is 1.43 bits per heavy atom. The Kier molecular flexibility index (Phi) is 6.29. The lowest BCUT2D eigenvalue weighted by atomic mass is 10.3. The third kappa shape index (κ3) is 5.19. The molecule has 2 rings (SSSR count). The van der Waals surface area contributed by atoms with Crippen molar-refractivity contribution in [2.45, 2.75) is 13.0 Å². The summed E-state index contributed by atoms with van der Waals surface area (Å²) in [5.41, 5.74) is 0. The molecule has 1 aromatic rings. The molecule has 0 aromatic heterocycles. The summed E-state index contributed by atoms with van der Waals surface area (Å²) in [6.45, 7) is 6.51. The van der Waals surface area contributed by atoms with Crippen LogP contribution in [0.2, 0.25) is 5.02 Å². The van der Waals surface area contributed by atoms with E-state index in [0.717, 1.165) is 32.8 Å². The monoisotopic (exact) mass is 312 g/mol. The van der Waals surface area contributed by atoms with Crippen LogP contribution >= 0.6 is 11.6 Å². The Labute approximate surface area is 130 Å². The number of ether oxygens (including phenoxy) is 2. The summed E-state index contributed by atoms with van der Waals surface area (Å²) in [6.07, 6.45) is -0.574. The van der Waals surface area contributed by atoms with Crippen molar-refractivity contribution in [3.8, 4) is 5.75 Å². The van der Waals surface area contributed by atoms with E-state index in [1.54, 1.807) is 19.1 Å². The average Bonchev–Trinajstić information content (AvgIpc) is 2.50. The second-order valence-electron chi connectivity index (χ2n) is 4.94. The van der Waals surface area contributed by atoms with Gasteiger partial charge in [-0.25, -0.2) is 0 Å². The molecule has 21 heavy (non-hydrogen) atoms. The topological polar surface area (TPSA) is 50.8 Å². The van der Waals surface area contributed by atoms with Gasteiger partial charge in [0.2, 0.25) is 0 Å². The van der Waals surface area contributed by atoms with E-state index in [1.807, 2.05) is 12.1 Å². The van der Waals surface area contributed by atoms with Crippen molar-refractivity contribution in [3.05, 3.63) is 29.3 Å². The highest BCUT2D eigenvalue weighted by Gasteiger charge is 2.16. The van der Waals surface area contributed by atoms with Gasteiger partial charge in [-0.15, -0.1) is 0 Å². The molecular weight excluding hydrogens is 292 g/mol. The number of nitrogens with zero attached hydrogens (tertiary/aromatic N) is 1. The summed E-state index contributed by atoms with van der Waals surface area (Å²) in [4.78, 5) is 14.2. The molecule has 0 aliphatic carbocycles. The average molecular weight is 313 g/mol. The van der Waals surface area contributed by atoms with Crippen LogP contribution in [0.5, 0.6) is 5.75 Å². The zero-order valence-electron chi connectivity index (χ0n) is 12.2. The van der Waals surface area contributed by atoms with E-state index in [0.29, 0.717) is 17.3 Å². The molecule has 1 aliphatic heterocycles. The number of para-hydroxylation sites is 1. The Bertz CT molecular complexity index is 464. The molecule has 1 N–H and O–H groups in total. The van der Waals surface area contributed by atoms with Crippen molar-refractivity contribution in [2.24, 2.45) is 0 Å². The minimum atomic E-state index is -0.574. The van der Waals surface area contributed by atoms with Crippen LogP contribution in [-0.4, -0.2) is 56.3 Å². The van der Waals surface area contributed by atoms with Crippen molar-refractivity contribution in [3.63, 3.8) is 0 Å². The fourth-order valence-electron chi connectivity index (χ4n) is 2.09. The molecule has 0 unspecified atom stereocenters. The van der Waals surface area contributed by atoms with Crippen LogP contribution in [0.3, 0.4) is 0 Å². The van der Waals surface area contributed by atoms with E-state index in [4.69, 9.17) is 21.1 Å². The molecule has 1 aromatic carbocycles. The van der Waals surface area contributed by atoms with Gasteiger partial charge in [0.25, 0.3) is 5.91 Å². The van der Waals surface area contributed by atoms with Crippen molar-refractivity contribution >= 4 is 17.5 Å². The Hall–Kier alpha value is -1.30. The largest absolute Gasteiger partial charge is 0.479 e. The lowest BCUT2D eigenvalue weighted by molar-refractivity contribution is -0.127. The summed E-state index contributed by atoms with van der Waals surface area (Å²) >= 11 is 6.00. The zero-order chi connectivity index (χ0) is 15.1. The number of benzene rings is 1. The fourth-order valence-corrected chi connectivity index (χ4v) is 2.27. The quantitative estimate of drug-likeness (QED) is 0.866. The molecule has 0 bridgehead atoms. The fraction of sp³-hybridized carbons (Fsp3) is 0.533. The lowest BCUT2D eigenvalue weighted by Gasteiger charge is -2.26. The summed E-state index contributed by atoms with van der Waals surface area (Å²) in [5, 5.41) is 3.38. The van der Waals surface area contributed by atoms with Crippen LogP contribution in [0, 0.1) is 0 Å². The maximum absolute atomic E-state index is 12.0. The van der Waals surface area contributed by atoms with Gasteiger partial charge in [0.05, 0.1) is 18.2 Å². The van der Waals surface area contributed by atoms with Crippen LogP contribution in [0.15, 0.2) is 24.3 Å². The van der Waals surface area contributed by atoms with E-state index in [-0.39, 0.29) is 5.91 Å². The van der Waals surface area contributed by atoms with Gasteiger partial charge in [0, 0.05) is 26.2 Å². The first-order chi connectivity index (χ1) is 10.2. The minimum Gasteiger partial charge on any atom is -0.479 e. The summed E-state index contributed by atoms with van der Waals surface area (Å²) in [6, 6.07) is 7.13. The number of nitrogens with one attached hydrogen (secondary N) is 1. The first kappa shape index (κ1) is 16.1. The van der Waals surface area contributed by atoms with Crippen LogP contribution in [0.25, 0.3) is 0 Å². The van der Waals surface area contributed by atoms with Gasteiger partial charge in [-0.2, -0.15) is 0 Å². The molecule has 1 atom stereocenters. The number of carbonyl (C=O) groups is 1. The molecule has 0 radical (unpaired) electrons. The van der Waals surface area contributed by atoms with Gasteiger partial charge in [0.15, 0.2) is 6.10 Å². The minimum absolute atomic E-state index is 0.136. The van der Waals surface area contributed by atoms with E-state index in [1.165, 1.54) is 0 Å². The number of rotatable bonds is 6. The van der Waals surface area contributed by atoms with Crippen LogP contribution in [0.4, 0.5) is 0 Å². The van der Waals surface area contributed by atoms with Crippen LogP contribution < -0.4 is 10.1 Å². The second-order valence-corrected chi connectivity index (χ2v) is 5.34. The van der Waals surface area contributed by atoms with Gasteiger partial charge in [-0.05, 0) is 19.1 Å². The van der Waals surface area contributed by atoms with Crippen molar-refractivity contribution in [1.82, 2.24) is 10.2 Å². The third-order valence-corrected chi connectivity index (χ3v) is 3.65. The number of hydrogen-bond donors (Lipinski definition) is 1. The van der Waals surface area contributed by atoms with Crippen molar-refractivity contribution in [2.75, 3.05) is 39.4 Å². The van der Waals surface area contributed by atoms with Gasteiger partial charge >= 0.3 is 0 Å². The highest BCUT2D eigenvalue weighted by Crippen LogP contribution is 2.24. The van der Waals surface area contributed by atoms with Crippen LogP contribution in [0.1, 0.15) is 6.92 Å². The van der Waals surface area contributed by atoms with Crippen LogP contribution in [-0.2, 0) is 9.53 Å². The predicted molar refractivity (Wildman–Crippen MR) is 81.8 cm³/mol. The Balaban J connectivity index is 1.71. The number of amides is 1. The summed E-state index contributed by atoms with van der Waals surface area (Å²) in [5.74, 6) is 0.387. The maximum atomic E-state index is 12.0. The molecule has 0 spiro atoms. The second kappa shape index (κ2) is 8.22. The number of carbonyl (C=O) groups excluding carboxylic acids is 1. The molecule has 1 aliphatic rings. The highest BCUT2D eigenvalue weighted by atomic mass is 35.5. The lowest BCUT2D eigenvalue weighted by Crippen LogP contribution is -2.43. The van der Waals surface area contributed by atoms with Gasteiger partial charge in [0.1, 0.15) is 5.75 Å². The molecule has 1 amide bonds. The molecule has 1 fully saturated rings. The first-order valence-corrected chi connectivity index (χ1v) is 7.53. The highest BCUT2D eigenvalue weighted by molar-refractivity contribution is 6.32. The maximum Gasteiger partial charge on any atom is 0.260 e. The number of morpholine rings is 1. The standard InChI is InChI=1S/C15H21ClN2O3/c1-12(21-14-5-3-2-4-13(14)16)15(19)17-6-7-18-8-10-20-11-9-18/h2-5,12H,6-11H2,1H3,(H,17,19)/t12-/m0/s1. The number of halogens is 1. The summed E-state index contributed by atoms with van der Waals surface area (Å²) in [7, 11) is 0. The molecule has 5 nitrogen and oxygen atoms in total. The SMILES string of the molecule is C[C@H](Oc1ccccc1Cl)C(=O)NCCN1CCOCC1. The molecular formula is C15H21ClN2O3. The van der Waals surface area contributed by atoms with Crippen molar-refractivity contribution in [1.29, 1.82) is 0 Å². The van der Waals surface area contributed by atoms with E-state index < -0.39 is 6.10 Å². The molecule has 1 heterocycles. The molecule has 6 heteroatoms. The van der Waals surface area contributed by atoms with Gasteiger partial charge < -0.3 is 14.8 Å². The van der Waals surface area contributed by atoms with Gasteiger partial charge in [-0.1, -0.05) is 23.7 Å². The van der Waals surface area contributed by atoms with E-state index >= 15 is 0 Å². The van der Waals surface area contributed by atoms with E-state index in [2.05, 4.69) is 10.2 Å². The zero-order valence-corrected chi connectivity index (χ0v) is 12.9. The first-order valence-electron chi connectivity index (χ1n) is 7.16. The van der Waals surface area contributed by atoms with Gasteiger partial charge in [-0.3, -0.25) is 9.69 Å². The molecule has 0 saturated carbocycles. The van der Waals surface area contributed by atoms with E-state index in [9.17, 15) is 4.79 Å². The molecule has 116 valence electrons. The van der Waals surface area contributed by atoms with Crippen molar-refractivity contribution < 1.29 is 14.3 Å².